The van der Waals surface area contributed by atoms with Gasteiger partial charge in [0.1, 0.15) is 5.75 Å². The fraction of sp³-hybridized carbons (Fsp3) is 0.0909. The van der Waals surface area contributed by atoms with Crippen molar-refractivity contribution >= 4 is 16.7 Å². The zero-order valence-electron chi connectivity index (χ0n) is 14.7. The Balaban J connectivity index is 1.39. The van der Waals surface area contributed by atoms with Crippen molar-refractivity contribution in [2.75, 3.05) is 6.54 Å². The van der Waals surface area contributed by atoms with E-state index in [-0.39, 0.29) is 11.7 Å². The average molecular weight is 357 g/mol. The maximum Gasteiger partial charge on any atom is 0.255 e. The Bertz CT molecular complexity index is 1070. The summed E-state index contributed by atoms with van der Waals surface area (Å²) in [6.07, 6.45) is 4.34. The molecule has 4 aromatic rings. The third-order valence-electron chi connectivity index (χ3n) is 4.51. The van der Waals surface area contributed by atoms with Gasteiger partial charge in [-0.3, -0.25) is 4.79 Å². The molecule has 1 heterocycles. The van der Waals surface area contributed by atoms with Crippen molar-refractivity contribution in [3.63, 3.8) is 0 Å². The van der Waals surface area contributed by atoms with Crippen LogP contribution >= 0.6 is 0 Å². The second-order valence-electron chi connectivity index (χ2n) is 6.34. The lowest BCUT2D eigenvalue weighted by Crippen LogP contribution is -2.25. The van der Waals surface area contributed by atoms with Crippen LogP contribution in [0.1, 0.15) is 15.9 Å². The number of aromatic hydroxyl groups is 1. The molecule has 0 bridgehead atoms. The van der Waals surface area contributed by atoms with Crippen molar-refractivity contribution in [3.05, 3.63) is 90.3 Å². The van der Waals surface area contributed by atoms with Gasteiger partial charge >= 0.3 is 0 Å². The predicted molar refractivity (Wildman–Crippen MR) is 105 cm³/mol. The fourth-order valence-corrected chi connectivity index (χ4v) is 3.06. The number of amides is 1. The van der Waals surface area contributed by atoms with E-state index in [0.29, 0.717) is 18.5 Å². The Morgan fingerprint density at radius 1 is 1.00 bits per heavy atom. The molecule has 1 amide bonds. The molecule has 0 fully saturated rings. The first-order valence-corrected chi connectivity index (χ1v) is 8.79. The van der Waals surface area contributed by atoms with Gasteiger partial charge in [-0.05, 0) is 53.1 Å². The quantitative estimate of drug-likeness (QED) is 0.572. The molecule has 4 rings (SSSR count). The minimum atomic E-state index is -0.272. The normalized spacial score (nSPS) is 10.8. The molecule has 0 atom stereocenters. The Labute approximate surface area is 156 Å². The molecule has 0 unspecified atom stereocenters. The molecule has 0 aliphatic rings. The number of aromatic nitrogens is 2. The highest BCUT2D eigenvalue weighted by Crippen LogP contribution is 2.24. The van der Waals surface area contributed by atoms with Crippen LogP contribution in [0.15, 0.2) is 79.1 Å². The third-order valence-corrected chi connectivity index (χ3v) is 4.51. The van der Waals surface area contributed by atoms with E-state index in [1.807, 2.05) is 60.8 Å². The number of carbonyl (C=O) groups excluding carboxylic acids is 1. The lowest BCUT2D eigenvalue weighted by molar-refractivity contribution is 0.0951. The summed E-state index contributed by atoms with van der Waals surface area (Å²) in [7, 11) is 0. The van der Waals surface area contributed by atoms with Crippen LogP contribution in [0, 0.1) is 0 Å². The first-order chi connectivity index (χ1) is 13.2. The van der Waals surface area contributed by atoms with Gasteiger partial charge in [0, 0.05) is 18.9 Å². The summed E-state index contributed by atoms with van der Waals surface area (Å²) in [5, 5.41) is 19.1. The van der Waals surface area contributed by atoms with E-state index < -0.39 is 0 Å². The van der Waals surface area contributed by atoms with E-state index in [9.17, 15) is 9.90 Å². The second kappa shape index (κ2) is 7.33. The Hall–Kier alpha value is -3.60. The number of carbonyl (C=O) groups is 1. The van der Waals surface area contributed by atoms with Gasteiger partial charge in [0.25, 0.3) is 5.91 Å². The summed E-state index contributed by atoms with van der Waals surface area (Å²) in [6, 6.07) is 20.9. The van der Waals surface area contributed by atoms with Gasteiger partial charge < -0.3 is 10.4 Å². The third kappa shape index (κ3) is 3.67. The molecule has 2 N–H and O–H groups in total. The summed E-state index contributed by atoms with van der Waals surface area (Å²) in [6.45, 7) is 0.492. The molecule has 0 spiro atoms. The summed E-state index contributed by atoms with van der Waals surface area (Å²) in [4.78, 5) is 12.4. The van der Waals surface area contributed by atoms with E-state index in [4.69, 9.17) is 0 Å². The molecular weight excluding hydrogens is 338 g/mol. The number of benzene rings is 3. The second-order valence-corrected chi connectivity index (χ2v) is 6.34. The van der Waals surface area contributed by atoms with Gasteiger partial charge in [0.15, 0.2) is 0 Å². The SMILES string of the molecule is O=C(NCCc1ccc(-n2cccn2)cc1)c1cc2ccccc2cc1O. The van der Waals surface area contributed by atoms with Gasteiger partial charge in [0.05, 0.1) is 11.3 Å². The summed E-state index contributed by atoms with van der Waals surface area (Å²) < 4.78 is 1.80. The van der Waals surface area contributed by atoms with Crippen molar-refractivity contribution in [1.82, 2.24) is 15.1 Å². The van der Waals surface area contributed by atoms with Crippen LogP contribution in [-0.4, -0.2) is 27.3 Å². The van der Waals surface area contributed by atoms with Gasteiger partial charge in [-0.1, -0.05) is 36.4 Å². The van der Waals surface area contributed by atoms with Crippen LogP contribution in [0.2, 0.25) is 0 Å². The van der Waals surface area contributed by atoms with Crippen LogP contribution in [0.3, 0.4) is 0 Å². The van der Waals surface area contributed by atoms with Gasteiger partial charge in [-0.25, -0.2) is 4.68 Å². The average Bonchev–Trinajstić information content (AvgIpc) is 3.22. The highest BCUT2D eigenvalue weighted by molar-refractivity contribution is 6.01. The van der Waals surface area contributed by atoms with Crippen LogP contribution in [-0.2, 0) is 6.42 Å². The van der Waals surface area contributed by atoms with E-state index in [1.165, 1.54) is 0 Å². The Kier molecular flexibility index (Phi) is 4.58. The van der Waals surface area contributed by atoms with Gasteiger partial charge in [0.2, 0.25) is 0 Å². The molecule has 0 saturated carbocycles. The number of hydrogen-bond donors (Lipinski definition) is 2. The van der Waals surface area contributed by atoms with Crippen LogP contribution in [0.5, 0.6) is 5.75 Å². The fourth-order valence-electron chi connectivity index (χ4n) is 3.06. The number of fused-ring (bicyclic) bond motifs is 1. The van der Waals surface area contributed by atoms with Crippen LogP contribution in [0.25, 0.3) is 16.5 Å². The molecule has 0 aliphatic carbocycles. The predicted octanol–water partition coefficient (Wildman–Crippen LogP) is 3.70. The highest BCUT2D eigenvalue weighted by Gasteiger charge is 2.12. The molecule has 5 nitrogen and oxygen atoms in total. The number of rotatable bonds is 5. The summed E-state index contributed by atoms with van der Waals surface area (Å²) in [5.74, 6) is -0.277. The number of nitrogens with one attached hydrogen (secondary N) is 1. The standard InChI is InChI=1S/C22H19N3O2/c26-21-15-18-5-2-1-4-17(18)14-20(21)22(27)23-12-10-16-6-8-19(9-7-16)25-13-3-11-24-25/h1-9,11,13-15,26H,10,12H2,(H,23,27). The first kappa shape index (κ1) is 16.8. The number of phenols is 1. The summed E-state index contributed by atoms with van der Waals surface area (Å²) >= 11 is 0. The molecule has 27 heavy (non-hydrogen) atoms. The molecule has 0 radical (unpaired) electrons. The smallest absolute Gasteiger partial charge is 0.255 e. The van der Waals surface area contributed by atoms with E-state index in [2.05, 4.69) is 10.4 Å². The van der Waals surface area contributed by atoms with E-state index in [0.717, 1.165) is 22.0 Å². The van der Waals surface area contributed by atoms with E-state index in [1.54, 1.807) is 23.0 Å². The molecule has 3 aromatic carbocycles. The number of nitrogens with zero attached hydrogens (tertiary/aromatic N) is 2. The van der Waals surface area contributed by atoms with Crippen molar-refractivity contribution in [3.8, 4) is 11.4 Å². The van der Waals surface area contributed by atoms with Crippen LogP contribution in [0.4, 0.5) is 0 Å². The zero-order valence-corrected chi connectivity index (χ0v) is 14.7. The lowest BCUT2D eigenvalue weighted by Gasteiger charge is -2.09. The Morgan fingerprint density at radius 2 is 1.74 bits per heavy atom. The first-order valence-electron chi connectivity index (χ1n) is 8.79. The number of hydrogen-bond acceptors (Lipinski definition) is 3. The molecule has 0 aliphatic heterocycles. The Morgan fingerprint density at radius 3 is 2.44 bits per heavy atom. The van der Waals surface area contributed by atoms with Crippen LogP contribution < -0.4 is 5.32 Å². The molecular formula is C22H19N3O2. The largest absolute Gasteiger partial charge is 0.507 e. The summed E-state index contributed by atoms with van der Waals surface area (Å²) in [5.41, 5.74) is 2.41. The van der Waals surface area contributed by atoms with Gasteiger partial charge in [-0.2, -0.15) is 5.10 Å². The topological polar surface area (TPSA) is 67.2 Å². The molecule has 134 valence electrons. The molecule has 0 saturated heterocycles. The molecule has 5 heteroatoms. The maximum atomic E-state index is 12.4. The van der Waals surface area contributed by atoms with Crippen molar-refractivity contribution in [2.45, 2.75) is 6.42 Å². The minimum absolute atomic E-state index is 0.00484. The van der Waals surface area contributed by atoms with Crippen molar-refractivity contribution in [1.29, 1.82) is 0 Å². The minimum Gasteiger partial charge on any atom is -0.507 e. The maximum absolute atomic E-state index is 12.4. The van der Waals surface area contributed by atoms with Gasteiger partial charge in [-0.15, -0.1) is 0 Å². The zero-order chi connectivity index (χ0) is 18.6. The number of phenolic OH excluding ortho intramolecular Hbond substituents is 1. The van der Waals surface area contributed by atoms with Crippen molar-refractivity contribution in [2.24, 2.45) is 0 Å². The highest BCUT2D eigenvalue weighted by atomic mass is 16.3. The monoisotopic (exact) mass is 357 g/mol. The van der Waals surface area contributed by atoms with Crippen molar-refractivity contribution < 1.29 is 9.90 Å². The van der Waals surface area contributed by atoms with E-state index >= 15 is 0 Å². The lowest BCUT2D eigenvalue weighted by atomic mass is 10.1. The molecule has 1 aromatic heterocycles.